The minimum absolute atomic E-state index is 0.726. The van der Waals surface area contributed by atoms with Gasteiger partial charge >= 0.3 is 0 Å². The van der Waals surface area contributed by atoms with Gasteiger partial charge in [-0.1, -0.05) is 0 Å². The van der Waals surface area contributed by atoms with Crippen molar-refractivity contribution in [1.82, 2.24) is 19.9 Å². The minimum atomic E-state index is 0.726. The van der Waals surface area contributed by atoms with Crippen molar-refractivity contribution >= 4 is 27.1 Å². The van der Waals surface area contributed by atoms with Gasteiger partial charge < -0.3 is 4.98 Å². The van der Waals surface area contributed by atoms with Gasteiger partial charge in [-0.25, -0.2) is 9.97 Å². The molecule has 84 valence electrons. The second-order valence-corrected chi connectivity index (χ2v) is 4.61. The number of fused-ring (bicyclic) bond motifs is 1. The van der Waals surface area contributed by atoms with Gasteiger partial charge in [-0.15, -0.1) is 0 Å². The smallest absolute Gasteiger partial charge is 0.178 e. The van der Waals surface area contributed by atoms with Crippen LogP contribution in [0.5, 0.6) is 0 Å². The van der Waals surface area contributed by atoms with Gasteiger partial charge in [0.15, 0.2) is 5.65 Å². The standard InChI is InChI=1S/C12H9BrN4/c1-7-9(13)6-15-12-10(7)16-11(17-12)8-3-2-4-14-5-8/h2-6H,1H3,(H,15,16,17). The summed E-state index contributed by atoms with van der Waals surface area (Å²) in [4.78, 5) is 16.1. The Hall–Kier alpha value is -1.75. The maximum atomic E-state index is 4.46. The lowest BCUT2D eigenvalue weighted by Gasteiger charge is -1.96. The van der Waals surface area contributed by atoms with Gasteiger partial charge in [-0.05, 0) is 40.5 Å². The topological polar surface area (TPSA) is 54.5 Å². The third-order valence-corrected chi connectivity index (χ3v) is 3.45. The SMILES string of the molecule is Cc1c(Br)cnc2nc(-c3cccnc3)[nH]c12. The third kappa shape index (κ3) is 1.72. The zero-order valence-corrected chi connectivity index (χ0v) is 10.7. The predicted octanol–water partition coefficient (Wildman–Crippen LogP) is 3.09. The molecule has 0 unspecified atom stereocenters. The Balaban J connectivity index is 2.24. The molecule has 0 radical (unpaired) electrons. The van der Waals surface area contributed by atoms with Crippen LogP contribution in [0, 0.1) is 6.92 Å². The number of pyridine rings is 2. The van der Waals surface area contributed by atoms with E-state index in [1.54, 1.807) is 18.6 Å². The van der Waals surface area contributed by atoms with Crippen LogP contribution in [0.1, 0.15) is 5.56 Å². The molecule has 0 amide bonds. The van der Waals surface area contributed by atoms with Gasteiger partial charge in [-0.3, -0.25) is 4.98 Å². The number of imidazole rings is 1. The molecule has 0 saturated heterocycles. The second kappa shape index (κ2) is 3.92. The quantitative estimate of drug-likeness (QED) is 0.749. The predicted molar refractivity (Wildman–Crippen MR) is 69.6 cm³/mol. The van der Waals surface area contributed by atoms with Crippen LogP contribution >= 0.6 is 15.9 Å². The van der Waals surface area contributed by atoms with Gasteiger partial charge in [0.1, 0.15) is 5.82 Å². The third-order valence-electron chi connectivity index (χ3n) is 2.65. The highest BCUT2D eigenvalue weighted by Crippen LogP contribution is 2.24. The highest BCUT2D eigenvalue weighted by atomic mass is 79.9. The lowest BCUT2D eigenvalue weighted by molar-refractivity contribution is 1.26. The molecule has 0 aliphatic rings. The van der Waals surface area contributed by atoms with E-state index in [4.69, 9.17) is 0 Å². The largest absolute Gasteiger partial charge is 0.336 e. The fourth-order valence-corrected chi connectivity index (χ4v) is 1.99. The number of H-pyrrole nitrogens is 1. The Kier molecular flexibility index (Phi) is 2.40. The average Bonchev–Trinajstić information content (AvgIpc) is 2.80. The van der Waals surface area contributed by atoms with Crippen LogP contribution in [-0.2, 0) is 0 Å². The van der Waals surface area contributed by atoms with E-state index in [-0.39, 0.29) is 0 Å². The summed E-state index contributed by atoms with van der Waals surface area (Å²) in [6.45, 7) is 2.03. The van der Waals surface area contributed by atoms with Crippen molar-refractivity contribution in [3.63, 3.8) is 0 Å². The molecule has 0 atom stereocenters. The van der Waals surface area contributed by atoms with Crippen molar-refractivity contribution in [2.24, 2.45) is 0 Å². The van der Waals surface area contributed by atoms with Crippen molar-refractivity contribution in [2.75, 3.05) is 0 Å². The number of halogens is 1. The molecule has 5 heteroatoms. The molecule has 0 bridgehead atoms. The number of nitrogens with zero attached hydrogens (tertiary/aromatic N) is 3. The molecule has 0 aromatic carbocycles. The van der Waals surface area contributed by atoms with Crippen molar-refractivity contribution in [3.05, 3.63) is 40.8 Å². The normalized spacial score (nSPS) is 10.9. The fourth-order valence-electron chi connectivity index (χ4n) is 1.69. The number of aryl methyl sites for hydroxylation is 1. The molecule has 0 aliphatic heterocycles. The van der Waals surface area contributed by atoms with Crippen LogP contribution in [0.3, 0.4) is 0 Å². The Morgan fingerprint density at radius 2 is 2.18 bits per heavy atom. The van der Waals surface area contributed by atoms with E-state index in [2.05, 4.69) is 35.9 Å². The number of nitrogens with one attached hydrogen (secondary N) is 1. The van der Waals surface area contributed by atoms with E-state index >= 15 is 0 Å². The van der Waals surface area contributed by atoms with E-state index in [1.165, 1.54) is 0 Å². The summed E-state index contributed by atoms with van der Waals surface area (Å²) in [7, 11) is 0. The van der Waals surface area contributed by atoms with Crippen LogP contribution in [0.2, 0.25) is 0 Å². The first-order valence-corrected chi connectivity index (χ1v) is 5.96. The van der Waals surface area contributed by atoms with E-state index in [1.807, 2.05) is 19.1 Å². The van der Waals surface area contributed by atoms with E-state index < -0.39 is 0 Å². The maximum absolute atomic E-state index is 4.46. The van der Waals surface area contributed by atoms with Gasteiger partial charge in [0.2, 0.25) is 0 Å². The minimum Gasteiger partial charge on any atom is -0.336 e. The fraction of sp³-hybridized carbons (Fsp3) is 0.0833. The summed E-state index contributed by atoms with van der Waals surface area (Å²) >= 11 is 3.46. The van der Waals surface area contributed by atoms with Crippen LogP contribution in [0.15, 0.2) is 35.2 Å². The molecule has 3 heterocycles. The van der Waals surface area contributed by atoms with Gasteiger partial charge in [0, 0.05) is 28.6 Å². The molecular weight excluding hydrogens is 280 g/mol. The Morgan fingerprint density at radius 1 is 1.29 bits per heavy atom. The van der Waals surface area contributed by atoms with Crippen molar-refractivity contribution < 1.29 is 0 Å². The molecule has 1 N–H and O–H groups in total. The zero-order chi connectivity index (χ0) is 11.8. The van der Waals surface area contributed by atoms with Gasteiger partial charge in [0.25, 0.3) is 0 Å². The lowest BCUT2D eigenvalue weighted by Crippen LogP contribution is -1.82. The molecular formula is C12H9BrN4. The maximum Gasteiger partial charge on any atom is 0.178 e. The van der Waals surface area contributed by atoms with E-state index in [9.17, 15) is 0 Å². The number of hydrogen-bond acceptors (Lipinski definition) is 3. The first-order chi connectivity index (χ1) is 8.25. The lowest BCUT2D eigenvalue weighted by atomic mass is 10.3. The zero-order valence-electron chi connectivity index (χ0n) is 9.11. The molecule has 3 aromatic heterocycles. The highest BCUT2D eigenvalue weighted by Gasteiger charge is 2.09. The number of hydrogen-bond donors (Lipinski definition) is 1. The summed E-state index contributed by atoms with van der Waals surface area (Å²) in [6, 6.07) is 3.85. The average molecular weight is 289 g/mol. The summed E-state index contributed by atoms with van der Waals surface area (Å²) in [5.74, 6) is 0.793. The molecule has 0 spiro atoms. The Labute approximate surface area is 106 Å². The summed E-state index contributed by atoms with van der Waals surface area (Å²) in [6.07, 6.45) is 5.29. The second-order valence-electron chi connectivity index (χ2n) is 3.76. The van der Waals surface area contributed by atoms with Crippen molar-refractivity contribution in [1.29, 1.82) is 0 Å². The van der Waals surface area contributed by atoms with Crippen LogP contribution in [-0.4, -0.2) is 19.9 Å². The Bertz CT molecular complexity index is 676. The van der Waals surface area contributed by atoms with Gasteiger partial charge in [-0.2, -0.15) is 0 Å². The molecule has 0 aliphatic carbocycles. The molecule has 3 aromatic rings. The van der Waals surface area contributed by atoms with Crippen molar-refractivity contribution in [2.45, 2.75) is 6.92 Å². The summed E-state index contributed by atoms with van der Waals surface area (Å²) < 4.78 is 0.978. The summed E-state index contributed by atoms with van der Waals surface area (Å²) in [5.41, 5.74) is 3.75. The molecule has 3 rings (SSSR count). The summed E-state index contributed by atoms with van der Waals surface area (Å²) in [5, 5.41) is 0. The molecule has 0 fully saturated rings. The van der Waals surface area contributed by atoms with Crippen LogP contribution in [0.25, 0.3) is 22.6 Å². The van der Waals surface area contributed by atoms with Crippen LogP contribution < -0.4 is 0 Å². The molecule has 0 saturated carbocycles. The monoisotopic (exact) mass is 288 g/mol. The first kappa shape index (κ1) is 10.4. The highest BCUT2D eigenvalue weighted by molar-refractivity contribution is 9.10. The molecule has 17 heavy (non-hydrogen) atoms. The van der Waals surface area contributed by atoms with E-state index in [0.29, 0.717) is 0 Å². The Morgan fingerprint density at radius 3 is 2.94 bits per heavy atom. The first-order valence-electron chi connectivity index (χ1n) is 5.17. The van der Waals surface area contributed by atoms with Gasteiger partial charge in [0.05, 0.1) is 5.52 Å². The van der Waals surface area contributed by atoms with E-state index in [0.717, 1.165) is 32.6 Å². The number of aromatic amines is 1. The van der Waals surface area contributed by atoms with Crippen LogP contribution in [0.4, 0.5) is 0 Å². The number of aromatic nitrogens is 4. The van der Waals surface area contributed by atoms with Crippen molar-refractivity contribution in [3.8, 4) is 11.4 Å². The number of rotatable bonds is 1. The molecule has 4 nitrogen and oxygen atoms in total.